The molecule has 10 nitrogen and oxygen atoms in total. The molecule has 1 unspecified atom stereocenters. The lowest BCUT2D eigenvalue weighted by Gasteiger charge is -2.22. The molecule has 0 aliphatic carbocycles. The van der Waals surface area contributed by atoms with Gasteiger partial charge in [0.1, 0.15) is 19.0 Å². The highest BCUT2D eigenvalue weighted by Crippen LogP contribution is 2.36. The van der Waals surface area contributed by atoms with Crippen LogP contribution in [0.3, 0.4) is 0 Å². The molecular weight excluding hydrogens is 450 g/mol. The predicted molar refractivity (Wildman–Crippen MR) is 120 cm³/mol. The van der Waals surface area contributed by atoms with Crippen molar-refractivity contribution in [2.24, 2.45) is 5.92 Å². The number of carbonyl (C=O) groups excluding carboxylic acids is 2. The minimum Gasteiger partial charge on any atom is -0.495 e. The molecule has 0 aromatic heterocycles. The molecule has 2 aliphatic rings. The molecule has 0 spiro atoms. The van der Waals surface area contributed by atoms with Gasteiger partial charge in [0.2, 0.25) is 21.8 Å². The molecule has 0 radical (unpaired) electrons. The highest BCUT2D eigenvalue weighted by atomic mass is 32.2. The quantitative estimate of drug-likeness (QED) is 0.676. The van der Waals surface area contributed by atoms with Gasteiger partial charge in [0.25, 0.3) is 0 Å². The third-order valence-electron chi connectivity index (χ3n) is 5.54. The smallest absolute Gasteiger partial charge is 0.242 e. The number of fused-ring (bicyclic) bond motifs is 1. The summed E-state index contributed by atoms with van der Waals surface area (Å²) in [6, 6.07) is 9.46. The lowest BCUT2D eigenvalue weighted by molar-refractivity contribution is -0.122. The first-order valence-electron chi connectivity index (χ1n) is 10.3. The van der Waals surface area contributed by atoms with Gasteiger partial charge in [0.15, 0.2) is 11.5 Å². The second kappa shape index (κ2) is 8.91. The van der Waals surface area contributed by atoms with E-state index in [0.717, 1.165) is 4.31 Å². The monoisotopic (exact) mass is 475 g/mol. The van der Waals surface area contributed by atoms with E-state index in [0.29, 0.717) is 36.1 Å². The number of methoxy groups -OCH3 is 1. The van der Waals surface area contributed by atoms with Gasteiger partial charge < -0.3 is 24.4 Å². The van der Waals surface area contributed by atoms with Gasteiger partial charge in [-0.3, -0.25) is 9.59 Å². The molecule has 4 rings (SSSR count). The van der Waals surface area contributed by atoms with E-state index in [9.17, 15) is 18.0 Å². The molecule has 1 N–H and O–H groups in total. The largest absolute Gasteiger partial charge is 0.495 e. The maximum atomic E-state index is 13.0. The highest BCUT2D eigenvalue weighted by molar-refractivity contribution is 7.89. The van der Waals surface area contributed by atoms with Gasteiger partial charge in [-0.2, -0.15) is 0 Å². The Kier molecular flexibility index (Phi) is 6.17. The molecule has 33 heavy (non-hydrogen) atoms. The Morgan fingerprint density at radius 2 is 1.85 bits per heavy atom. The summed E-state index contributed by atoms with van der Waals surface area (Å²) < 4.78 is 42.4. The lowest BCUT2D eigenvalue weighted by Crippen LogP contribution is -2.28. The SMILES string of the molecule is COc1ccc(S(=O)(=O)N(C)C)cc1NC(=O)C1CC(=O)N(c2ccc3c(c2)OCCO3)C1. The molecule has 0 bridgehead atoms. The third kappa shape index (κ3) is 4.46. The molecule has 0 saturated carbocycles. The van der Waals surface area contributed by atoms with Crippen molar-refractivity contribution in [3.8, 4) is 17.2 Å². The van der Waals surface area contributed by atoms with Crippen molar-refractivity contribution in [3.63, 3.8) is 0 Å². The normalized spacial score (nSPS) is 17.9. The van der Waals surface area contributed by atoms with Crippen LogP contribution < -0.4 is 24.4 Å². The van der Waals surface area contributed by atoms with Crippen molar-refractivity contribution in [3.05, 3.63) is 36.4 Å². The van der Waals surface area contributed by atoms with Crippen LogP contribution >= 0.6 is 0 Å². The molecule has 176 valence electrons. The summed E-state index contributed by atoms with van der Waals surface area (Å²) in [6.07, 6.45) is 0.0261. The Morgan fingerprint density at radius 1 is 1.12 bits per heavy atom. The predicted octanol–water partition coefficient (Wildman–Crippen LogP) is 1.71. The van der Waals surface area contributed by atoms with Crippen LogP contribution in [-0.4, -0.2) is 65.5 Å². The van der Waals surface area contributed by atoms with Gasteiger partial charge in [0, 0.05) is 38.8 Å². The zero-order valence-electron chi connectivity index (χ0n) is 18.5. The molecule has 1 saturated heterocycles. The van der Waals surface area contributed by atoms with Gasteiger partial charge in [-0.05, 0) is 30.3 Å². The van der Waals surface area contributed by atoms with Crippen molar-refractivity contribution in [1.29, 1.82) is 0 Å². The van der Waals surface area contributed by atoms with E-state index in [1.165, 1.54) is 44.3 Å². The zero-order valence-corrected chi connectivity index (χ0v) is 19.3. The van der Waals surface area contributed by atoms with Crippen molar-refractivity contribution in [2.45, 2.75) is 11.3 Å². The maximum absolute atomic E-state index is 13.0. The number of sulfonamides is 1. The number of hydrogen-bond donors (Lipinski definition) is 1. The molecule has 2 aromatic carbocycles. The average molecular weight is 476 g/mol. The molecule has 2 aliphatic heterocycles. The summed E-state index contributed by atoms with van der Waals surface area (Å²) in [5.74, 6) is 0.274. The third-order valence-corrected chi connectivity index (χ3v) is 7.35. The minimum absolute atomic E-state index is 0.0176. The van der Waals surface area contributed by atoms with Crippen LogP contribution in [0.2, 0.25) is 0 Å². The first-order chi connectivity index (χ1) is 15.7. The van der Waals surface area contributed by atoms with Crippen molar-refractivity contribution in [1.82, 2.24) is 4.31 Å². The molecule has 11 heteroatoms. The van der Waals surface area contributed by atoms with Crippen molar-refractivity contribution < 1.29 is 32.2 Å². The van der Waals surface area contributed by atoms with Crippen LogP contribution in [0.15, 0.2) is 41.3 Å². The van der Waals surface area contributed by atoms with E-state index in [4.69, 9.17) is 14.2 Å². The summed E-state index contributed by atoms with van der Waals surface area (Å²) >= 11 is 0. The van der Waals surface area contributed by atoms with Crippen molar-refractivity contribution in [2.75, 3.05) is 51.2 Å². The van der Waals surface area contributed by atoms with E-state index < -0.39 is 21.8 Å². The number of anilines is 2. The number of benzene rings is 2. The van der Waals surface area contributed by atoms with E-state index >= 15 is 0 Å². The fourth-order valence-electron chi connectivity index (χ4n) is 3.72. The zero-order chi connectivity index (χ0) is 23.8. The van der Waals surface area contributed by atoms with Gasteiger partial charge in [-0.1, -0.05) is 0 Å². The molecular formula is C22H25N3O7S. The maximum Gasteiger partial charge on any atom is 0.242 e. The number of amides is 2. The van der Waals surface area contributed by atoms with Gasteiger partial charge >= 0.3 is 0 Å². The Bertz CT molecular complexity index is 1200. The molecule has 1 atom stereocenters. The van der Waals surface area contributed by atoms with Gasteiger partial charge in [-0.15, -0.1) is 0 Å². The van der Waals surface area contributed by atoms with E-state index in [-0.39, 0.29) is 29.5 Å². The molecule has 2 heterocycles. The van der Waals surface area contributed by atoms with Crippen LogP contribution in [0, 0.1) is 5.92 Å². The van der Waals surface area contributed by atoms with E-state index in [1.807, 2.05) is 0 Å². The Morgan fingerprint density at radius 3 is 2.55 bits per heavy atom. The van der Waals surface area contributed by atoms with Gasteiger partial charge in [0.05, 0.1) is 23.6 Å². The Hall–Kier alpha value is -3.31. The first-order valence-corrected chi connectivity index (χ1v) is 11.8. The Labute approximate surface area is 192 Å². The van der Waals surface area contributed by atoms with Crippen molar-refractivity contribution >= 4 is 33.2 Å². The summed E-state index contributed by atoms with van der Waals surface area (Å²) in [5, 5.41) is 2.73. The summed E-state index contributed by atoms with van der Waals surface area (Å²) in [7, 11) is 0.576. The van der Waals surface area contributed by atoms with Crippen LogP contribution in [0.4, 0.5) is 11.4 Å². The minimum atomic E-state index is -3.70. The Balaban J connectivity index is 1.52. The number of hydrogen-bond acceptors (Lipinski definition) is 7. The second-order valence-corrected chi connectivity index (χ2v) is 10.0. The van der Waals surface area contributed by atoms with Gasteiger partial charge in [-0.25, -0.2) is 12.7 Å². The van der Waals surface area contributed by atoms with Crippen LogP contribution in [-0.2, 0) is 19.6 Å². The lowest BCUT2D eigenvalue weighted by atomic mass is 10.1. The topological polar surface area (TPSA) is 114 Å². The van der Waals surface area contributed by atoms with Crippen LogP contribution in [0.1, 0.15) is 6.42 Å². The number of rotatable bonds is 6. The number of nitrogens with one attached hydrogen (secondary N) is 1. The summed E-state index contributed by atoms with van der Waals surface area (Å²) in [6.45, 7) is 1.08. The molecule has 2 aromatic rings. The fraction of sp³-hybridized carbons (Fsp3) is 0.364. The number of nitrogens with zero attached hydrogens (tertiary/aromatic N) is 2. The number of carbonyl (C=O) groups is 2. The summed E-state index contributed by atoms with van der Waals surface area (Å²) in [5.41, 5.74) is 0.840. The number of ether oxygens (including phenoxy) is 3. The molecule has 2 amide bonds. The highest BCUT2D eigenvalue weighted by Gasteiger charge is 2.36. The fourth-order valence-corrected chi connectivity index (χ4v) is 4.65. The van der Waals surface area contributed by atoms with Crippen LogP contribution in [0.25, 0.3) is 0 Å². The average Bonchev–Trinajstić information content (AvgIpc) is 3.20. The first kappa shape index (κ1) is 22.9. The van der Waals surface area contributed by atoms with E-state index in [1.54, 1.807) is 18.2 Å². The molecule has 1 fully saturated rings. The van der Waals surface area contributed by atoms with E-state index in [2.05, 4.69) is 5.32 Å². The second-order valence-electron chi connectivity index (χ2n) is 7.87. The van der Waals surface area contributed by atoms with Crippen LogP contribution in [0.5, 0.6) is 17.2 Å². The standard InChI is InChI=1S/C22H25N3O7S/c1-24(2)33(28,29)16-5-7-18(30-3)17(12-16)23-22(27)14-10-21(26)25(13-14)15-4-6-19-20(11-15)32-9-8-31-19/h4-7,11-12,14H,8-10,13H2,1-3H3,(H,23,27). The summed E-state index contributed by atoms with van der Waals surface area (Å²) in [4.78, 5) is 27.2.